The van der Waals surface area contributed by atoms with Crippen LogP contribution in [0, 0.1) is 12.7 Å². The first-order valence-corrected chi connectivity index (χ1v) is 16.8. The van der Waals surface area contributed by atoms with E-state index in [-0.39, 0.29) is 36.2 Å². The maximum Gasteiger partial charge on any atom is 0.416 e. The summed E-state index contributed by atoms with van der Waals surface area (Å²) >= 11 is 0. The maximum atomic E-state index is 14.3. The minimum Gasteiger partial charge on any atom is -0.469 e. The quantitative estimate of drug-likeness (QED) is 0.203. The second-order valence-electron chi connectivity index (χ2n) is 14.0. The number of hydrogen-bond donors (Lipinski definition) is 0. The highest BCUT2D eigenvalue weighted by Gasteiger charge is 2.42. The fourth-order valence-corrected chi connectivity index (χ4v) is 7.09. The number of pyridine rings is 1. The van der Waals surface area contributed by atoms with Crippen LogP contribution in [-0.2, 0) is 36.9 Å². The van der Waals surface area contributed by atoms with Gasteiger partial charge in [0.2, 0.25) is 11.8 Å². The molecule has 1 unspecified atom stereocenters. The third-order valence-electron chi connectivity index (χ3n) is 10.1. The zero-order valence-electron chi connectivity index (χ0n) is 30.0. The summed E-state index contributed by atoms with van der Waals surface area (Å²) < 4.78 is 101. The van der Waals surface area contributed by atoms with E-state index in [1.54, 1.807) is 17.9 Å². The first-order valence-electron chi connectivity index (χ1n) is 16.8. The summed E-state index contributed by atoms with van der Waals surface area (Å²) in [5.74, 6) is -1.43. The number of likely N-dealkylation sites (N-methyl/N-ethyl adjacent to an activating group) is 1. The molecule has 2 aromatic carbocycles. The van der Waals surface area contributed by atoms with Gasteiger partial charge < -0.3 is 19.4 Å². The van der Waals surface area contributed by atoms with Crippen molar-refractivity contribution in [2.24, 2.45) is 0 Å². The molecule has 0 bridgehead atoms. The number of piperazine rings is 2. The number of halogens is 7. The second kappa shape index (κ2) is 14.6. The molecule has 16 heteroatoms. The summed E-state index contributed by atoms with van der Waals surface area (Å²) in [6, 6.07) is 6.41. The molecule has 2 atom stereocenters. The Hall–Kier alpha value is -4.73. The summed E-state index contributed by atoms with van der Waals surface area (Å²) in [4.78, 5) is 50.4. The first kappa shape index (κ1) is 39.5. The van der Waals surface area contributed by atoms with Crippen LogP contribution in [0.1, 0.15) is 49.4 Å². The lowest BCUT2D eigenvalue weighted by atomic mass is 9.81. The zero-order valence-corrected chi connectivity index (χ0v) is 30.0. The largest absolute Gasteiger partial charge is 0.469 e. The average Bonchev–Trinajstić information content (AvgIpc) is 3.09. The van der Waals surface area contributed by atoms with Gasteiger partial charge in [-0.05, 0) is 73.9 Å². The van der Waals surface area contributed by atoms with Gasteiger partial charge in [-0.15, -0.1) is 0 Å². The highest BCUT2D eigenvalue weighted by Crippen LogP contribution is 2.41. The van der Waals surface area contributed by atoms with Crippen molar-refractivity contribution in [1.82, 2.24) is 14.8 Å². The van der Waals surface area contributed by atoms with Gasteiger partial charge in [-0.2, -0.15) is 26.3 Å². The highest BCUT2D eigenvalue weighted by atomic mass is 19.4. The Morgan fingerprint density at radius 1 is 0.887 bits per heavy atom. The smallest absolute Gasteiger partial charge is 0.416 e. The van der Waals surface area contributed by atoms with E-state index in [4.69, 9.17) is 4.74 Å². The number of aromatic nitrogens is 1. The molecular formula is C37H40F7N5O4. The van der Waals surface area contributed by atoms with E-state index < -0.39 is 52.2 Å². The van der Waals surface area contributed by atoms with E-state index in [0.717, 1.165) is 4.90 Å². The Morgan fingerprint density at radius 3 is 2.08 bits per heavy atom. The number of ether oxygens (including phenoxy) is 1. The van der Waals surface area contributed by atoms with E-state index in [1.165, 1.54) is 59.3 Å². The van der Waals surface area contributed by atoms with E-state index in [0.29, 0.717) is 67.4 Å². The number of carbonyl (C=O) groups is 3. The van der Waals surface area contributed by atoms with E-state index in [2.05, 4.69) is 9.88 Å². The number of aryl methyl sites for hydroxylation is 1. The van der Waals surface area contributed by atoms with Gasteiger partial charge in [0.05, 0.1) is 48.0 Å². The predicted molar refractivity (Wildman–Crippen MR) is 183 cm³/mol. The zero-order chi connectivity index (χ0) is 39.2. The summed E-state index contributed by atoms with van der Waals surface area (Å²) in [6.45, 7) is 7.96. The highest BCUT2D eigenvalue weighted by molar-refractivity contribution is 6.03. The fourth-order valence-electron chi connectivity index (χ4n) is 7.09. The molecule has 2 saturated heterocycles. The number of anilines is 2. The van der Waals surface area contributed by atoms with Gasteiger partial charge in [-0.25, -0.2) is 9.37 Å². The number of esters is 1. The Bertz CT molecular complexity index is 1870. The summed E-state index contributed by atoms with van der Waals surface area (Å²) in [5.41, 5.74) is -3.81. The molecule has 3 aromatic rings. The van der Waals surface area contributed by atoms with Gasteiger partial charge in [0.15, 0.2) is 0 Å². The van der Waals surface area contributed by atoms with Crippen molar-refractivity contribution in [2.45, 2.75) is 64.0 Å². The lowest BCUT2D eigenvalue weighted by Gasteiger charge is -2.50. The van der Waals surface area contributed by atoms with Crippen molar-refractivity contribution in [3.05, 3.63) is 76.7 Å². The SMILES string of the molecule is COC(=O)C[C@@H]1CN2CCN(c3cc(-c4ccc(F)cc4C)c(N(C)C(=O)C(C)(C)c4cc(C(F)(F)F)cc(C(F)(F)F)c4)cn3)CC2CN1C(C)=O. The Balaban J connectivity index is 1.51. The number of alkyl halides is 6. The lowest BCUT2D eigenvalue weighted by Crippen LogP contribution is -2.66. The van der Waals surface area contributed by atoms with Crippen LogP contribution in [0.4, 0.5) is 42.2 Å². The molecular weight excluding hydrogens is 711 g/mol. The van der Waals surface area contributed by atoms with Crippen molar-refractivity contribution in [1.29, 1.82) is 0 Å². The van der Waals surface area contributed by atoms with Gasteiger partial charge in [-0.1, -0.05) is 6.07 Å². The number of nitrogens with zero attached hydrogens (tertiary/aromatic N) is 5. The van der Waals surface area contributed by atoms with Crippen LogP contribution in [0.3, 0.4) is 0 Å². The summed E-state index contributed by atoms with van der Waals surface area (Å²) in [5, 5.41) is 0. The molecule has 0 radical (unpaired) electrons. The molecule has 2 aliphatic rings. The molecule has 0 spiro atoms. The standard InChI is InChI=1S/C37H40F7N5O4/c1-21-11-26(38)7-8-29(21)30-16-32(48-10-9-47-18-27(15-33(51)53-6)49(22(2)50)20-28(47)19-48)45-17-31(30)46(5)34(52)35(3,4)23-12-24(36(39,40)41)14-25(13-23)37(42,43)44/h7-8,11-14,16-17,27-28H,9-10,15,18-20H2,1-6H3/t27-,28?/m1/s1. The molecule has 0 aliphatic carbocycles. The van der Waals surface area contributed by atoms with Crippen LogP contribution in [0.25, 0.3) is 11.1 Å². The summed E-state index contributed by atoms with van der Waals surface area (Å²) in [6.07, 6.45) is -8.75. The third-order valence-corrected chi connectivity index (χ3v) is 10.1. The molecule has 5 rings (SSSR count). The molecule has 1 aromatic heterocycles. The van der Waals surface area contributed by atoms with Crippen LogP contribution >= 0.6 is 0 Å². The topological polar surface area (TPSA) is 86.3 Å². The van der Waals surface area contributed by atoms with Crippen LogP contribution in [0.2, 0.25) is 0 Å². The van der Waals surface area contributed by atoms with Crippen molar-refractivity contribution in [2.75, 3.05) is 56.7 Å². The van der Waals surface area contributed by atoms with E-state index in [1.807, 2.05) is 4.90 Å². The van der Waals surface area contributed by atoms with Crippen LogP contribution in [0.5, 0.6) is 0 Å². The minimum atomic E-state index is -5.10. The number of amides is 2. The average molecular weight is 752 g/mol. The Kier molecular flexibility index (Phi) is 10.9. The molecule has 0 saturated carbocycles. The third kappa shape index (κ3) is 8.26. The predicted octanol–water partition coefficient (Wildman–Crippen LogP) is 6.46. The molecule has 3 heterocycles. The van der Waals surface area contributed by atoms with Crippen LogP contribution in [0.15, 0.2) is 48.7 Å². The Morgan fingerprint density at radius 2 is 1.51 bits per heavy atom. The van der Waals surface area contributed by atoms with Crippen LogP contribution in [-0.4, -0.2) is 91.5 Å². The number of methoxy groups -OCH3 is 1. The normalized spacial score (nSPS) is 18.4. The number of fused-ring (bicyclic) bond motifs is 1. The van der Waals surface area contributed by atoms with Gasteiger partial charge in [0, 0.05) is 58.3 Å². The van der Waals surface area contributed by atoms with Gasteiger partial charge >= 0.3 is 18.3 Å². The van der Waals surface area contributed by atoms with Gasteiger partial charge in [-0.3, -0.25) is 19.3 Å². The van der Waals surface area contributed by atoms with E-state index >= 15 is 0 Å². The summed E-state index contributed by atoms with van der Waals surface area (Å²) in [7, 11) is 2.64. The lowest BCUT2D eigenvalue weighted by molar-refractivity contribution is -0.146. The minimum absolute atomic E-state index is 0.0112. The Labute approximate surface area is 302 Å². The second-order valence-corrected chi connectivity index (χ2v) is 14.0. The number of benzene rings is 2. The molecule has 2 aliphatic heterocycles. The molecule has 0 N–H and O–H groups in total. The van der Waals surface area contributed by atoms with Crippen molar-refractivity contribution < 1.29 is 49.9 Å². The molecule has 9 nitrogen and oxygen atoms in total. The van der Waals surface area contributed by atoms with Gasteiger partial charge in [0.1, 0.15) is 11.6 Å². The molecule has 286 valence electrons. The number of rotatable bonds is 7. The fraction of sp³-hybridized carbons (Fsp3) is 0.459. The van der Waals surface area contributed by atoms with E-state index in [9.17, 15) is 45.1 Å². The molecule has 53 heavy (non-hydrogen) atoms. The van der Waals surface area contributed by atoms with Crippen molar-refractivity contribution in [3.63, 3.8) is 0 Å². The maximum absolute atomic E-state index is 14.3. The van der Waals surface area contributed by atoms with Gasteiger partial charge in [0.25, 0.3) is 0 Å². The monoisotopic (exact) mass is 751 g/mol. The van der Waals surface area contributed by atoms with Crippen LogP contribution < -0.4 is 9.80 Å². The van der Waals surface area contributed by atoms with Crippen molar-refractivity contribution >= 4 is 29.3 Å². The van der Waals surface area contributed by atoms with Crippen molar-refractivity contribution in [3.8, 4) is 11.1 Å². The molecule has 2 fully saturated rings. The molecule has 2 amide bonds. The number of hydrogen-bond acceptors (Lipinski definition) is 7. The first-order chi connectivity index (χ1) is 24.6. The number of carbonyl (C=O) groups excluding carboxylic acids is 3.